The Bertz CT molecular complexity index is 1260. The number of hydrogen-bond donors (Lipinski definition) is 1. The highest BCUT2D eigenvalue weighted by Crippen LogP contribution is 2.23. The van der Waals surface area contributed by atoms with Gasteiger partial charge in [-0.3, -0.25) is 9.40 Å². The van der Waals surface area contributed by atoms with Gasteiger partial charge in [-0.2, -0.15) is 5.10 Å². The van der Waals surface area contributed by atoms with E-state index in [1.807, 2.05) is 30.3 Å². The Morgan fingerprint density at radius 1 is 1.00 bits per heavy atom. The molecule has 0 saturated carbocycles. The number of nitrogens with one attached hydrogen (secondary N) is 1. The number of fused-ring (bicyclic) bond motifs is 1. The molecule has 0 saturated heterocycles. The molecule has 4 aromatic rings. The maximum Gasteiger partial charge on any atom is 0.261 e. The van der Waals surface area contributed by atoms with Crippen LogP contribution in [0.1, 0.15) is 37.3 Å². The van der Waals surface area contributed by atoms with Crippen LogP contribution in [0.15, 0.2) is 84.0 Å². The summed E-state index contributed by atoms with van der Waals surface area (Å²) in [6.07, 6.45) is 4.27. The van der Waals surface area contributed by atoms with Gasteiger partial charge in [-0.1, -0.05) is 68.4 Å². The van der Waals surface area contributed by atoms with Crippen LogP contribution in [0.5, 0.6) is 0 Å². The molecule has 1 atom stereocenters. The van der Waals surface area contributed by atoms with Crippen molar-refractivity contribution in [3.8, 4) is 0 Å². The normalized spacial score (nSPS) is 12.7. The van der Waals surface area contributed by atoms with Gasteiger partial charge in [0.15, 0.2) is 0 Å². The van der Waals surface area contributed by atoms with E-state index in [1.54, 1.807) is 23.0 Å². The van der Waals surface area contributed by atoms with Crippen LogP contribution in [0.3, 0.4) is 0 Å². The van der Waals surface area contributed by atoms with Gasteiger partial charge < -0.3 is 0 Å². The minimum atomic E-state index is -3.66. The first-order valence-electron chi connectivity index (χ1n) is 10.1. The molecule has 0 amide bonds. The molecule has 0 aliphatic rings. The lowest BCUT2D eigenvalue weighted by atomic mass is 9.99. The maximum atomic E-state index is 12.7. The van der Waals surface area contributed by atoms with Gasteiger partial charge in [0.25, 0.3) is 10.0 Å². The highest BCUT2D eigenvalue weighted by atomic mass is 32.2. The second kappa shape index (κ2) is 8.32. The van der Waals surface area contributed by atoms with Crippen LogP contribution < -0.4 is 4.72 Å². The van der Waals surface area contributed by atoms with Gasteiger partial charge in [-0.05, 0) is 46.4 Å². The van der Waals surface area contributed by atoms with E-state index in [-0.39, 0.29) is 4.90 Å². The Morgan fingerprint density at radius 2 is 1.73 bits per heavy atom. The lowest BCUT2D eigenvalue weighted by Crippen LogP contribution is -2.12. The molecule has 154 valence electrons. The molecule has 0 fully saturated rings. The van der Waals surface area contributed by atoms with Crippen molar-refractivity contribution in [2.24, 2.45) is 0 Å². The zero-order valence-electron chi connectivity index (χ0n) is 17.1. The second-order valence-electron chi connectivity index (χ2n) is 7.55. The van der Waals surface area contributed by atoms with Gasteiger partial charge in [0.05, 0.1) is 23.3 Å². The average molecular weight is 420 g/mol. The number of anilines is 1. The van der Waals surface area contributed by atoms with E-state index in [4.69, 9.17) is 0 Å². The van der Waals surface area contributed by atoms with Crippen molar-refractivity contribution < 1.29 is 8.42 Å². The molecule has 1 unspecified atom stereocenters. The lowest BCUT2D eigenvalue weighted by Gasteiger charge is -2.10. The molecular formula is C24H25N3O2S. The van der Waals surface area contributed by atoms with Crippen molar-refractivity contribution in [3.05, 3.63) is 90.3 Å². The fourth-order valence-electron chi connectivity index (χ4n) is 3.53. The van der Waals surface area contributed by atoms with Gasteiger partial charge in [0, 0.05) is 6.20 Å². The summed E-state index contributed by atoms with van der Waals surface area (Å²) in [5.74, 6) is 0.405. The third-order valence-electron chi connectivity index (χ3n) is 5.47. The molecule has 30 heavy (non-hydrogen) atoms. The van der Waals surface area contributed by atoms with Gasteiger partial charge in [-0.25, -0.2) is 8.42 Å². The molecule has 0 spiro atoms. The molecule has 4 rings (SSSR count). The number of aromatic nitrogens is 2. The van der Waals surface area contributed by atoms with E-state index in [0.717, 1.165) is 17.5 Å². The van der Waals surface area contributed by atoms with Crippen LogP contribution in [0.25, 0.3) is 10.8 Å². The number of benzene rings is 3. The lowest BCUT2D eigenvalue weighted by molar-refractivity contribution is 0.601. The molecule has 3 aromatic carbocycles. The predicted molar refractivity (Wildman–Crippen MR) is 121 cm³/mol. The van der Waals surface area contributed by atoms with Gasteiger partial charge in [0.1, 0.15) is 0 Å². The summed E-state index contributed by atoms with van der Waals surface area (Å²) in [7, 11) is -3.66. The van der Waals surface area contributed by atoms with Crippen LogP contribution >= 0.6 is 0 Å². The first-order chi connectivity index (χ1) is 14.5. The third-order valence-corrected chi connectivity index (χ3v) is 6.87. The maximum absolute atomic E-state index is 12.7. The monoisotopic (exact) mass is 419 g/mol. The van der Waals surface area contributed by atoms with Crippen LogP contribution in [0, 0.1) is 0 Å². The molecule has 5 nitrogen and oxygen atoms in total. The fourth-order valence-corrected chi connectivity index (χ4v) is 4.56. The zero-order chi connectivity index (χ0) is 21.1. The molecule has 0 aliphatic carbocycles. The topological polar surface area (TPSA) is 64.0 Å². The molecule has 0 aliphatic heterocycles. The quantitative estimate of drug-likeness (QED) is 0.436. The van der Waals surface area contributed by atoms with Gasteiger partial charge in [0.2, 0.25) is 0 Å². The molecule has 1 heterocycles. The molecule has 0 bridgehead atoms. The Balaban J connectivity index is 1.51. The van der Waals surface area contributed by atoms with E-state index in [9.17, 15) is 8.42 Å². The number of hydrogen-bond acceptors (Lipinski definition) is 3. The smallest absolute Gasteiger partial charge is 0.261 e. The van der Waals surface area contributed by atoms with Crippen LogP contribution in [-0.4, -0.2) is 18.2 Å². The fraction of sp³-hybridized carbons (Fsp3) is 0.208. The molecule has 0 radical (unpaired) electrons. The zero-order valence-corrected chi connectivity index (χ0v) is 17.9. The van der Waals surface area contributed by atoms with Crippen molar-refractivity contribution in [3.63, 3.8) is 0 Å². The summed E-state index contributed by atoms with van der Waals surface area (Å²) in [5.41, 5.74) is 2.71. The Labute approximate surface area is 177 Å². The third kappa shape index (κ3) is 4.24. The largest absolute Gasteiger partial charge is 0.276 e. The van der Waals surface area contributed by atoms with Gasteiger partial charge in [-0.15, -0.1) is 0 Å². The van der Waals surface area contributed by atoms with Crippen molar-refractivity contribution in [1.82, 2.24) is 9.78 Å². The minimum Gasteiger partial charge on any atom is -0.276 e. The number of sulfonamides is 1. The predicted octanol–water partition coefficient (Wildman–Crippen LogP) is 5.40. The summed E-state index contributed by atoms with van der Waals surface area (Å²) in [6.45, 7) is 4.81. The SMILES string of the molecule is CCC(C)c1ccc(S(=O)(=O)Nc2cnn(Cc3cccc4ccccc34)c2)cc1. The molecule has 6 heteroatoms. The van der Waals surface area contributed by atoms with Crippen LogP contribution in [0.2, 0.25) is 0 Å². The van der Waals surface area contributed by atoms with E-state index >= 15 is 0 Å². The first kappa shape index (κ1) is 20.2. The Kier molecular flexibility index (Phi) is 5.59. The minimum absolute atomic E-state index is 0.247. The van der Waals surface area contributed by atoms with E-state index in [2.05, 4.69) is 47.9 Å². The molecular weight excluding hydrogens is 394 g/mol. The van der Waals surface area contributed by atoms with E-state index < -0.39 is 10.0 Å². The number of nitrogens with zero attached hydrogens (tertiary/aromatic N) is 2. The van der Waals surface area contributed by atoms with Crippen LogP contribution in [-0.2, 0) is 16.6 Å². The van der Waals surface area contributed by atoms with Crippen molar-refractivity contribution in [2.75, 3.05) is 4.72 Å². The Morgan fingerprint density at radius 3 is 2.50 bits per heavy atom. The highest BCUT2D eigenvalue weighted by molar-refractivity contribution is 7.92. The average Bonchev–Trinajstić information content (AvgIpc) is 3.19. The highest BCUT2D eigenvalue weighted by Gasteiger charge is 2.16. The van der Waals surface area contributed by atoms with Crippen LogP contribution in [0.4, 0.5) is 5.69 Å². The first-order valence-corrected chi connectivity index (χ1v) is 11.6. The molecule has 1 aromatic heterocycles. The number of rotatable bonds is 7. The summed E-state index contributed by atoms with van der Waals surface area (Å²) >= 11 is 0. The summed E-state index contributed by atoms with van der Waals surface area (Å²) < 4.78 is 29.9. The standard InChI is InChI=1S/C24H25N3O2S/c1-3-18(2)19-11-13-23(14-12-19)30(28,29)26-22-15-25-27(17-22)16-21-9-6-8-20-7-4-5-10-24(20)21/h4-15,17-18,26H,3,16H2,1-2H3. The Hall–Kier alpha value is -3.12. The van der Waals surface area contributed by atoms with Crippen molar-refractivity contribution >= 4 is 26.5 Å². The summed E-state index contributed by atoms with van der Waals surface area (Å²) in [6, 6.07) is 21.4. The summed E-state index contributed by atoms with van der Waals surface area (Å²) in [5, 5.41) is 6.67. The van der Waals surface area contributed by atoms with E-state index in [0.29, 0.717) is 18.2 Å². The molecule has 1 N–H and O–H groups in total. The van der Waals surface area contributed by atoms with Crippen molar-refractivity contribution in [2.45, 2.75) is 37.6 Å². The second-order valence-corrected chi connectivity index (χ2v) is 9.23. The summed E-state index contributed by atoms with van der Waals surface area (Å²) in [4.78, 5) is 0.247. The van der Waals surface area contributed by atoms with E-state index in [1.165, 1.54) is 17.0 Å². The van der Waals surface area contributed by atoms with Gasteiger partial charge >= 0.3 is 0 Å². The van der Waals surface area contributed by atoms with Crippen molar-refractivity contribution in [1.29, 1.82) is 0 Å².